The van der Waals surface area contributed by atoms with Gasteiger partial charge < -0.3 is 5.11 Å². The minimum Gasteiger partial charge on any atom is -0.478 e. The Bertz CT molecular complexity index is 407. The second kappa shape index (κ2) is 2.69. The molecule has 1 N–H and O–H groups in total. The first-order valence-electron chi connectivity index (χ1n) is 3.90. The summed E-state index contributed by atoms with van der Waals surface area (Å²) < 4.78 is 13.1. The fourth-order valence-corrected chi connectivity index (χ4v) is 1.47. The zero-order valence-corrected chi connectivity index (χ0v) is 6.75. The highest BCUT2D eigenvalue weighted by Crippen LogP contribution is 2.26. The summed E-state index contributed by atoms with van der Waals surface area (Å²) in [4.78, 5) is 10.6. The Morgan fingerprint density at radius 1 is 1.46 bits per heavy atom. The Kier molecular flexibility index (Phi) is 1.65. The molecular formula is C10H7FO2. The number of carboxylic acid groups (broad SMARTS) is 1. The van der Waals surface area contributed by atoms with Crippen LogP contribution in [0.25, 0.3) is 6.08 Å². The number of carbonyl (C=O) groups is 1. The molecule has 3 heteroatoms. The van der Waals surface area contributed by atoms with Gasteiger partial charge in [-0.25, -0.2) is 9.18 Å². The van der Waals surface area contributed by atoms with Crippen molar-refractivity contribution in [1.29, 1.82) is 0 Å². The zero-order valence-electron chi connectivity index (χ0n) is 6.75. The lowest BCUT2D eigenvalue weighted by Gasteiger charge is -1.97. The summed E-state index contributed by atoms with van der Waals surface area (Å²) in [5, 5.41) is 8.69. The van der Waals surface area contributed by atoms with Crippen LogP contribution in [0, 0.1) is 5.82 Å². The summed E-state index contributed by atoms with van der Waals surface area (Å²) in [6.07, 6.45) is 1.72. The summed E-state index contributed by atoms with van der Waals surface area (Å²) in [6, 6.07) is 4.66. The standard InChI is InChI=1S/C10H7FO2/c11-9-3-1-2-6-4-7(10(12)13)5-8(6)9/h1-3,5H,4H2,(H,12,13). The van der Waals surface area contributed by atoms with Crippen LogP contribution in [0.5, 0.6) is 0 Å². The number of carboxylic acids is 1. The van der Waals surface area contributed by atoms with Gasteiger partial charge in [-0.15, -0.1) is 0 Å². The van der Waals surface area contributed by atoms with Gasteiger partial charge in [0, 0.05) is 17.6 Å². The molecule has 1 aromatic carbocycles. The van der Waals surface area contributed by atoms with E-state index in [4.69, 9.17) is 5.11 Å². The van der Waals surface area contributed by atoms with Crippen molar-refractivity contribution in [3.63, 3.8) is 0 Å². The van der Waals surface area contributed by atoms with Gasteiger partial charge in [-0.3, -0.25) is 0 Å². The van der Waals surface area contributed by atoms with Crippen LogP contribution in [-0.2, 0) is 11.2 Å². The van der Waals surface area contributed by atoms with Crippen LogP contribution < -0.4 is 0 Å². The molecule has 0 saturated carbocycles. The normalized spacial score (nSPS) is 13.8. The highest BCUT2D eigenvalue weighted by Gasteiger charge is 2.19. The molecule has 0 aliphatic heterocycles. The highest BCUT2D eigenvalue weighted by molar-refractivity contribution is 5.95. The topological polar surface area (TPSA) is 37.3 Å². The van der Waals surface area contributed by atoms with E-state index in [0.717, 1.165) is 5.56 Å². The SMILES string of the molecule is O=C(O)C1=Cc2c(F)cccc2C1. The molecule has 1 aromatic rings. The van der Waals surface area contributed by atoms with Gasteiger partial charge in [-0.2, -0.15) is 0 Å². The second-order valence-electron chi connectivity index (χ2n) is 2.96. The van der Waals surface area contributed by atoms with E-state index in [2.05, 4.69) is 0 Å². The molecule has 0 atom stereocenters. The minimum atomic E-state index is -0.976. The molecule has 0 aromatic heterocycles. The molecule has 1 aliphatic carbocycles. The van der Waals surface area contributed by atoms with Gasteiger partial charge >= 0.3 is 5.97 Å². The summed E-state index contributed by atoms with van der Waals surface area (Å²) in [5.74, 6) is -1.33. The Labute approximate surface area is 74.3 Å². The molecule has 0 saturated heterocycles. The van der Waals surface area contributed by atoms with E-state index < -0.39 is 5.97 Å². The van der Waals surface area contributed by atoms with Crippen molar-refractivity contribution in [2.24, 2.45) is 0 Å². The van der Waals surface area contributed by atoms with Crippen LogP contribution in [-0.4, -0.2) is 11.1 Å². The van der Waals surface area contributed by atoms with Gasteiger partial charge in [0.25, 0.3) is 0 Å². The van der Waals surface area contributed by atoms with Crippen molar-refractivity contribution < 1.29 is 14.3 Å². The van der Waals surface area contributed by atoms with E-state index in [9.17, 15) is 9.18 Å². The minimum absolute atomic E-state index is 0.250. The van der Waals surface area contributed by atoms with Crippen LogP contribution in [0.3, 0.4) is 0 Å². The van der Waals surface area contributed by atoms with Crippen LogP contribution in [0.15, 0.2) is 23.8 Å². The lowest BCUT2D eigenvalue weighted by Crippen LogP contribution is -1.99. The van der Waals surface area contributed by atoms with E-state index in [1.807, 2.05) is 0 Å². The van der Waals surface area contributed by atoms with Crippen molar-refractivity contribution in [1.82, 2.24) is 0 Å². The molecule has 2 nitrogen and oxygen atoms in total. The number of halogens is 1. The second-order valence-corrected chi connectivity index (χ2v) is 2.96. The predicted molar refractivity (Wildman–Crippen MR) is 45.7 cm³/mol. The molecule has 0 fully saturated rings. The first kappa shape index (κ1) is 7.98. The summed E-state index contributed by atoms with van der Waals surface area (Å²) in [7, 11) is 0. The van der Waals surface area contributed by atoms with Crippen LogP contribution in [0.2, 0.25) is 0 Å². The third kappa shape index (κ3) is 1.22. The van der Waals surface area contributed by atoms with E-state index in [0.29, 0.717) is 12.0 Å². The van der Waals surface area contributed by atoms with Gasteiger partial charge in [-0.1, -0.05) is 12.1 Å². The maximum absolute atomic E-state index is 13.1. The summed E-state index contributed by atoms with van der Waals surface area (Å²) in [6.45, 7) is 0. The Morgan fingerprint density at radius 3 is 2.85 bits per heavy atom. The average molecular weight is 178 g/mol. The lowest BCUT2D eigenvalue weighted by atomic mass is 10.1. The molecule has 1 aliphatic rings. The number of rotatable bonds is 1. The quantitative estimate of drug-likeness (QED) is 0.712. The summed E-state index contributed by atoms with van der Waals surface area (Å²) in [5.41, 5.74) is 1.41. The lowest BCUT2D eigenvalue weighted by molar-refractivity contribution is -0.132. The Morgan fingerprint density at radius 2 is 2.23 bits per heavy atom. The highest BCUT2D eigenvalue weighted by atomic mass is 19.1. The van der Waals surface area contributed by atoms with Gasteiger partial charge in [0.05, 0.1) is 0 Å². The van der Waals surface area contributed by atoms with E-state index in [1.54, 1.807) is 12.1 Å². The first-order chi connectivity index (χ1) is 6.18. The molecule has 0 unspecified atom stereocenters. The third-order valence-corrected chi connectivity index (χ3v) is 2.12. The number of fused-ring (bicyclic) bond motifs is 1. The number of hydrogen-bond donors (Lipinski definition) is 1. The van der Waals surface area contributed by atoms with Gasteiger partial charge in [0.15, 0.2) is 0 Å². The Balaban J connectivity index is 2.49. The summed E-state index contributed by atoms with van der Waals surface area (Å²) >= 11 is 0. The molecule has 0 bridgehead atoms. The number of hydrogen-bond acceptors (Lipinski definition) is 1. The molecule has 13 heavy (non-hydrogen) atoms. The predicted octanol–water partition coefficient (Wildman–Crippen LogP) is 1.85. The Hall–Kier alpha value is -1.64. The van der Waals surface area contributed by atoms with Gasteiger partial charge in [-0.05, 0) is 17.7 Å². The van der Waals surface area contributed by atoms with Crippen molar-refractivity contribution in [3.8, 4) is 0 Å². The first-order valence-corrected chi connectivity index (χ1v) is 3.90. The maximum atomic E-state index is 13.1. The van der Waals surface area contributed by atoms with Crippen LogP contribution in [0.4, 0.5) is 4.39 Å². The zero-order chi connectivity index (χ0) is 9.42. The number of aliphatic carboxylic acids is 1. The van der Waals surface area contributed by atoms with Crippen LogP contribution >= 0.6 is 0 Å². The largest absolute Gasteiger partial charge is 0.478 e. The van der Waals surface area contributed by atoms with Crippen LogP contribution in [0.1, 0.15) is 11.1 Å². The van der Waals surface area contributed by atoms with Crippen molar-refractivity contribution in [2.45, 2.75) is 6.42 Å². The molecule has 0 radical (unpaired) electrons. The average Bonchev–Trinajstić information content (AvgIpc) is 2.49. The third-order valence-electron chi connectivity index (χ3n) is 2.12. The fourth-order valence-electron chi connectivity index (χ4n) is 1.47. The number of benzene rings is 1. The molecule has 2 rings (SSSR count). The van der Waals surface area contributed by atoms with E-state index in [1.165, 1.54) is 12.1 Å². The van der Waals surface area contributed by atoms with Gasteiger partial charge in [0.2, 0.25) is 0 Å². The van der Waals surface area contributed by atoms with Gasteiger partial charge in [0.1, 0.15) is 5.82 Å². The smallest absolute Gasteiger partial charge is 0.331 e. The van der Waals surface area contributed by atoms with Crippen molar-refractivity contribution in [2.75, 3.05) is 0 Å². The molecule has 0 spiro atoms. The molecule has 66 valence electrons. The monoisotopic (exact) mass is 178 g/mol. The van der Waals surface area contributed by atoms with E-state index in [-0.39, 0.29) is 11.4 Å². The molecular weight excluding hydrogens is 171 g/mol. The molecule has 0 heterocycles. The fraction of sp³-hybridized carbons (Fsp3) is 0.100. The maximum Gasteiger partial charge on any atom is 0.331 e. The van der Waals surface area contributed by atoms with E-state index >= 15 is 0 Å². The van der Waals surface area contributed by atoms with Crippen molar-refractivity contribution in [3.05, 3.63) is 40.7 Å². The molecule has 0 amide bonds. The van der Waals surface area contributed by atoms with Crippen molar-refractivity contribution >= 4 is 12.0 Å².